The van der Waals surface area contributed by atoms with Gasteiger partial charge in [-0.15, -0.1) is 0 Å². The van der Waals surface area contributed by atoms with Crippen molar-refractivity contribution in [1.29, 1.82) is 4.78 Å². The van der Waals surface area contributed by atoms with E-state index in [0.717, 1.165) is 11.6 Å². The second-order valence-electron chi connectivity index (χ2n) is 6.86. The fourth-order valence-corrected chi connectivity index (χ4v) is 4.17. The van der Waals surface area contributed by atoms with E-state index in [4.69, 9.17) is 15.6 Å². The van der Waals surface area contributed by atoms with Crippen molar-refractivity contribution in [3.63, 3.8) is 0 Å². The Labute approximate surface area is 171 Å². The van der Waals surface area contributed by atoms with E-state index in [-0.39, 0.29) is 6.42 Å². The van der Waals surface area contributed by atoms with E-state index in [1.165, 1.54) is 12.3 Å². The van der Waals surface area contributed by atoms with Gasteiger partial charge >= 0.3 is 12.1 Å². The number of hydrogen-bond donors (Lipinski definition) is 4. The SMILES string of the molecule is N=S(=O)(CC[C@H](N)C(=O)O)CCC(O)(c1ccc(-c2ccccc2)cn1)C(F)(F)F. The van der Waals surface area contributed by atoms with Gasteiger partial charge in [0.25, 0.3) is 0 Å². The zero-order valence-electron chi connectivity index (χ0n) is 15.8. The van der Waals surface area contributed by atoms with Gasteiger partial charge in [-0.1, -0.05) is 36.4 Å². The van der Waals surface area contributed by atoms with Crippen LogP contribution in [0.4, 0.5) is 13.2 Å². The van der Waals surface area contributed by atoms with Gasteiger partial charge in [0.15, 0.2) is 0 Å². The number of pyridine rings is 1. The van der Waals surface area contributed by atoms with Crippen LogP contribution in [0.5, 0.6) is 0 Å². The van der Waals surface area contributed by atoms with E-state index >= 15 is 0 Å². The first-order valence-corrected chi connectivity index (χ1v) is 10.8. The van der Waals surface area contributed by atoms with Gasteiger partial charge in [0.1, 0.15) is 6.04 Å². The van der Waals surface area contributed by atoms with Crippen LogP contribution in [0, 0.1) is 4.78 Å². The summed E-state index contributed by atoms with van der Waals surface area (Å²) in [5.74, 6) is -2.65. The number of rotatable bonds is 9. The minimum absolute atomic E-state index is 0.327. The number of alkyl halides is 3. The van der Waals surface area contributed by atoms with E-state index in [1.54, 1.807) is 30.3 Å². The van der Waals surface area contributed by atoms with Crippen LogP contribution in [0.2, 0.25) is 0 Å². The van der Waals surface area contributed by atoms with Crippen molar-refractivity contribution < 1.29 is 32.4 Å². The van der Waals surface area contributed by atoms with Crippen molar-refractivity contribution in [2.45, 2.75) is 30.7 Å². The number of nitrogens with one attached hydrogen (secondary N) is 1. The van der Waals surface area contributed by atoms with Crippen LogP contribution < -0.4 is 5.73 Å². The molecule has 30 heavy (non-hydrogen) atoms. The van der Waals surface area contributed by atoms with Gasteiger partial charge < -0.3 is 15.9 Å². The van der Waals surface area contributed by atoms with Crippen LogP contribution in [0.25, 0.3) is 11.1 Å². The van der Waals surface area contributed by atoms with Crippen molar-refractivity contribution >= 4 is 15.7 Å². The molecule has 0 spiro atoms. The maximum atomic E-state index is 13.7. The molecule has 0 amide bonds. The molecule has 2 aromatic rings. The number of hydrogen-bond acceptors (Lipinski definition) is 6. The Bertz CT molecular complexity index is 967. The predicted molar refractivity (Wildman–Crippen MR) is 105 cm³/mol. The average Bonchev–Trinajstić information content (AvgIpc) is 2.70. The molecular weight excluding hydrogens is 423 g/mol. The fourth-order valence-electron chi connectivity index (χ4n) is 2.71. The second-order valence-corrected chi connectivity index (χ2v) is 9.30. The smallest absolute Gasteiger partial charge is 0.423 e. The highest BCUT2D eigenvalue weighted by molar-refractivity contribution is 7.92. The van der Waals surface area contributed by atoms with Crippen molar-refractivity contribution in [3.8, 4) is 11.1 Å². The summed E-state index contributed by atoms with van der Waals surface area (Å²) >= 11 is 0. The lowest BCUT2D eigenvalue weighted by atomic mass is 9.94. The number of nitrogens with two attached hydrogens (primary N) is 1. The molecule has 7 nitrogen and oxygen atoms in total. The molecule has 5 N–H and O–H groups in total. The molecule has 1 aromatic heterocycles. The lowest BCUT2D eigenvalue weighted by Crippen LogP contribution is -2.44. The van der Waals surface area contributed by atoms with Crippen LogP contribution in [-0.2, 0) is 20.1 Å². The van der Waals surface area contributed by atoms with Crippen LogP contribution >= 0.6 is 0 Å². The van der Waals surface area contributed by atoms with Crippen molar-refractivity contribution in [2.24, 2.45) is 5.73 Å². The first-order valence-electron chi connectivity index (χ1n) is 8.89. The summed E-state index contributed by atoms with van der Waals surface area (Å²) in [5.41, 5.74) is 2.49. The number of aliphatic carboxylic acids is 1. The molecule has 0 aliphatic heterocycles. The number of halogens is 3. The van der Waals surface area contributed by atoms with Crippen LogP contribution in [0.3, 0.4) is 0 Å². The van der Waals surface area contributed by atoms with E-state index < -0.39 is 57.1 Å². The number of carbonyl (C=O) groups is 1. The molecule has 0 bridgehead atoms. The Morgan fingerprint density at radius 1 is 1.13 bits per heavy atom. The Kier molecular flexibility index (Phi) is 7.22. The van der Waals surface area contributed by atoms with E-state index in [2.05, 4.69) is 4.98 Å². The van der Waals surface area contributed by atoms with E-state index in [0.29, 0.717) is 5.56 Å². The van der Waals surface area contributed by atoms with Gasteiger partial charge in [-0.25, -0.2) is 4.21 Å². The number of carboxylic acids is 1. The van der Waals surface area contributed by atoms with Gasteiger partial charge in [-0.05, 0) is 18.1 Å². The molecular formula is C19H22F3N3O4S. The summed E-state index contributed by atoms with van der Waals surface area (Å²) in [5, 5.41) is 19.1. The molecule has 3 atom stereocenters. The Morgan fingerprint density at radius 2 is 1.77 bits per heavy atom. The quantitative estimate of drug-likeness (QED) is 0.468. The monoisotopic (exact) mass is 445 g/mol. The van der Waals surface area contributed by atoms with Crippen LogP contribution in [0.1, 0.15) is 18.5 Å². The zero-order chi connectivity index (χ0) is 22.6. The maximum absolute atomic E-state index is 13.7. The highest BCUT2D eigenvalue weighted by atomic mass is 32.2. The summed E-state index contributed by atoms with van der Waals surface area (Å²) in [6, 6.07) is 9.88. The fraction of sp³-hybridized carbons (Fsp3) is 0.368. The van der Waals surface area contributed by atoms with Crippen molar-refractivity contribution in [3.05, 3.63) is 54.4 Å². The standard InChI is InChI=1S/C19H22F3N3O4S/c20-19(21,22)18(28,9-11-30(24,29)10-8-15(23)17(26)27)16-7-6-14(12-25-16)13-4-2-1-3-5-13/h1-7,12,15,24,28H,8-11,23H2,(H,26,27)/t15-,18?,30?/m0/s1. The molecule has 164 valence electrons. The average molecular weight is 445 g/mol. The summed E-state index contributed by atoms with van der Waals surface area (Å²) in [6.45, 7) is 0. The van der Waals surface area contributed by atoms with Crippen molar-refractivity contribution in [1.82, 2.24) is 4.98 Å². The summed E-state index contributed by atoms with van der Waals surface area (Å²) in [7, 11) is -3.59. The predicted octanol–water partition coefficient (Wildman–Crippen LogP) is 2.74. The lowest BCUT2D eigenvalue weighted by molar-refractivity contribution is -0.268. The Morgan fingerprint density at radius 3 is 2.27 bits per heavy atom. The molecule has 0 aliphatic rings. The Balaban J connectivity index is 2.21. The number of benzene rings is 1. The first kappa shape index (κ1) is 23.8. The normalized spacial score (nSPS) is 17.0. The highest BCUT2D eigenvalue weighted by Gasteiger charge is 2.56. The summed E-state index contributed by atoms with van der Waals surface area (Å²) < 4.78 is 61.0. The van der Waals surface area contributed by atoms with E-state index in [9.17, 15) is 27.3 Å². The summed E-state index contributed by atoms with van der Waals surface area (Å²) in [4.78, 5) is 14.5. The van der Waals surface area contributed by atoms with E-state index in [1.807, 2.05) is 0 Å². The first-order chi connectivity index (χ1) is 13.9. The van der Waals surface area contributed by atoms with Gasteiger partial charge in [0.2, 0.25) is 5.60 Å². The molecule has 2 rings (SSSR count). The van der Waals surface area contributed by atoms with Crippen LogP contribution in [0.15, 0.2) is 48.7 Å². The molecule has 0 fully saturated rings. The zero-order valence-corrected chi connectivity index (χ0v) is 16.6. The number of carboxylic acid groups (broad SMARTS) is 1. The molecule has 1 heterocycles. The summed E-state index contributed by atoms with van der Waals surface area (Å²) in [6.07, 6.45) is -5.31. The van der Waals surface area contributed by atoms with Crippen LogP contribution in [-0.4, -0.2) is 49.1 Å². The Hall–Kier alpha value is -2.50. The van der Waals surface area contributed by atoms with Gasteiger partial charge in [-0.2, -0.15) is 13.2 Å². The molecule has 1 aromatic carbocycles. The lowest BCUT2D eigenvalue weighted by Gasteiger charge is -2.30. The number of nitrogens with zero attached hydrogens (tertiary/aromatic N) is 1. The van der Waals surface area contributed by atoms with Gasteiger partial charge in [0.05, 0.1) is 5.69 Å². The molecule has 0 saturated heterocycles. The molecule has 11 heteroatoms. The minimum atomic E-state index is -5.12. The largest absolute Gasteiger partial charge is 0.480 e. The highest BCUT2D eigenvalue weighted by Crippen LogP contribution is 2.41. The number of aliphatic hydroxyl groups is 1. The third-order valence-corrected chi connectivity index (χ3v) is 6.39. The second kappa shape index (κ2) is 9.11. The van der Waals surface area contributed by atoms with Crippen molar-refractivity contribution in [2.75, 3.05) is 11.5 Å². The molecule has 0 radical (unpaired) electrons. The third kappa shape index (κ3) is 5.77. The third-order valence-electron chi connectivity index (χ3n) is 4.63. The minimum Gasteiger partial charge on any atom is -0.480 e. The molecule has 2 unspecified atom stereocenters. The van der Waals surface area contributed by atoms with Gasteiger partial charge in [0, 0.05) is 39.4 Å². The molecule has 0 aliphatic carbocycles. The topological polar surface area (TPSA) is 137 Å². The number of aromatic nitrogens is 1. The maximum Gasteiger partial charge on any atom is 0.423 e. The molecule has 0 saturated carbocycles. The van der Waals surface area contributed by atoms with Gasteiger partial charge in [-0.3, -0.25) is 14.6 Å².